The zero-order valence-corrected chi connectivity index (χ0v) is 13.0. The molecule has 4 heteroatoms. The molecular weight excluding hydrogens is 278 g/mol. The molecule has 1 heterocycles. The van der Waals surface area contributed by atoms with Crippen molar-refractivity contribution >= 4 is 5.97 Å². The van der Waals surface area contributed by atoms with Crippen molar-refractivity contribution in [1.29, 1.82) is 0 Å². The van der Waals surface area contributed by atoms with Crippen LogP contribution in [-0.4, -0.2) is 48.3 Å². The molecular formula is C18H25NO3. The van der Waals surface area contributed by atoms with Crippen LogP contribution in [0.5, 0.6) is 0 Å². The summed E-state index contributed by atoms with van der Waals surface area (Å²) in [5.74, 6) is -0.877. The van der Waals surface area contributed by atoms with E-state index in [0.717, 1.165) is 51.1 Å². The molecule has 22 heavy (non-hydrogen) atoms. The molecule has 1 saturated heterocycles. The van der Waals surface area contributed by atoms with Crippen molar-refractivity contribution < 1.29 is 14.6 Å². The largest absolute Gasteiger partial charge is 0.481 e. The van der Waals surface area contributed by atoms with Crippen molar-refractivity contribution in [2.75, 3.05) is 26.3 Å². The van der Waals surface area contributed by atoms with Gasteiger partial charge in [-0.15, -0.1) is 0 Å². The predicted octanol–water partition coefficient (Wildman–Crippen LogP) is 2.75. The van der Waals surface area contributed by atoms with Crippen LogP contribution in [0, 0.1) is 5.92 Å². The molecule has 1 saturated carbocycles. The minimum atomic E-state index is -0.684. The fraction of sp³-hybridized carbons (Fsp3) is 0.611. The van der Waals surface area contributed by atoms with Crippen LogP contribution in [0.25, 0.3) is 0 Å². The second kappa shape index (κ2) is 7.25. The average Bonchev–Trinajstić information content (AvgIpc) is 2.57. The molecule has 1 aromatic rings. The first-order chi connectivity index (χ1) is 10.8. The van der Waals surface area contributed by atoms with E-state index in [1.54, 1.807) is 0 Å². The van der Waals surface area contributed by atoms with Gasteiger partial charge in [0.1, 0.15) is 0 Å². The topological polar surface area (TPSA) is 49.8 Å². The van der Waals surface area contributed by atoms with Crippen LogP contribution in [0.15, 0.2) is 30.3 Å². The third-order valence-electron chi connectivity index (χ3n) is 5.15. The van der Waals surface area contributed by atoms with Gasteiger partial charge >= 0.3 is 5.97 Å². The van der Waals surface area contributed by atoms with Crippen LogP contribution in [0.3, 0.4) is 0 Å². The van der Waals surface area contributed by atoms with Crippen molar-refractivity contribution in [3.63, 3.8) is 0 Å². The fourth-order valence-corrected chi connectivity index (χ4v) is 4.12. The Hall–Kier alpha value is -1.39. The minimum absolute atomic E-state index is 0.201. The summed E-state index contributed by atoms with van der Waals surface area (Å²) >= 11 is 0. The second-order valence-electron chi connectivity index (χ2n) is 6.39. The maximum atomic E-state index is 12.0. The van der Waals surface area contributed by atoms with Gasteiger partial charge in [0, 0.05) is 19.1 Å². The van der Waals surface area contributed by atoms with Crippen molar-refractivity contribution in [1.82, 2.24) is 4.90 Å². The van der Waals surface area contributed by atoms with Crippen molar-refractivity contribution in [3.05, 3.63) is 35.9 Å². The highest BCUT2D eigenvalue weighted by Gasteiger charge is 2.39. The van der Waals surface area contributed by atoms with Crippen LogP contribution in [0.2, 0.25) is 0 Å². The Kier molecular flexibility index (Phi) is 5.11. The zero-order valence-electron chi connectivity index (χ0n) is 13.0. The molecule has 3 rings (SSSR count). The molecule has 1 N–H and O–H groups in total. The van der Waals surface area contributed by atoms with Gasteiger partial charge in [0.15, 0.2) is 0 Å². The summed E-state index contributed by atoms with van der Waals surface area (Å²) in [6, 6.07) is 10.1. The molecule has 1 aromatic carbocycles. The molecule has 3 atom stereocenters. The van der Waals surface area contributed by atoms with E-state index in [2.05, 4.69) is 4.90 Å². The molecule has 0 spiro atoms. The first-order valence-corrected chi connectivity index (χ1v) is 8.37. The van der Waals surface area contributed by atoms with Gasteiger partial charge in [0.05, 0.1) is 19.1 Å². The number of carbonyl (C=O) groups is 1. The summed E-state index contributed by atoms with van der Waals surface area (Å²) in [4.78, 5) is 14.4. The van der Waals surface area contributed by atoms with Crippen molar-refractivity contribution in [2.45, 2.75) is 37.6 Å². The van der Waals surface area contributed by atoms with E-state index in [1.165, 1.54) is 6.42 Å². The normalized spacial score (nSPS) is 28.2. The molecule has 2 aliphatic rings. The number of ether oxygens (including phenoxy) is 1. The third-order valence-corrected chi connectivity index (χ3v) is 5.15. The standard InChI is InChI=1S/C18H25NO3/c20-18(21)17(14-6-2-1-3-7-14)15-8-4-5-9-16(15)19-10-12-22-13-11-19/h1-3,6-7,15-17H,4-5,8-13H2,(H,20,21)/t15?,16-,17?/m0/s1. The van der Waals surface area contributed by atoms with Gasteiger partial charge < -0.3 is 9.84 Å². The van der Waals surface area contributed by atoms with Crippen LogP contribution >= 0.6 is 0 Å². The van der Waals surface area contributed by atoms with Gasteiger partial charge in [-0.2, -0.15) is 0 Å². The predicted molar refractivity (Wildman–Crippen MR) is 85.0 cm³/mol. The van der Waals surface area contributed by atoms with E-state index in [1.807, 2.05) is 30.3 Å². The Morgan fingerprint density at radius 3 is 2.50 bits per heavy atom. The maximum absolute atomic E-state index is 12.0. The number of aliphatic carboxylic acids is 1. The SMILES string of the molecule is O=C(O)C(c1ccccc1)C1CCCC[C@@H]1N1CCOCC1. The molecule has 1 aliphatic heterocycles. The van der Waals surface area contributed by atoms with E-state index >= 15 is 0 Å². The Bertz CT molecular complexity index is 484. The van der Waals surface area contributed by atoms with Crippen molar-refractivity contribution in [2.24, 2.45) is 5.92 Å². The summed E-state index contributed by atoms with van der Waals surface area (Å²) in [6.45, 7) is 3.41. The number of carboxylic acids is 1. The fourth-order valence-electron chi connectivity index (χ4n) is 4.12. The lowest BCUT2D eigenvalue weighted by Crippen LogP contribution is -2.50. The Morgan fingerprint density at radius 2 is 1.82 bits per heavy atom. The Balaban J connectivity index is 1.85. The number of rotatable bonds is 4. The number of hydrogen-bond acceptors (Lipinski definition) is 3. The minimum Gasteiger partial charge on any atom is -0.481 e. The molecule has 0 bridgehead atoms. The highest BCUT2D eigenvalue weighted by Crippen LogP contribution is 2.39. The summed E-state index contributed by atoms with van der Waals surface area (Å²) in [5, 5.41) is 9.85. The lowest BCUT2D eigenvalue weighted by atomic mass is 9.73. The Morgan fingerprint density at radius 1 is 1.14 bits per heavy atom. The quantitative estimate of drug-likeness (QED) is 0.929. The highest BCUT2D eigenvalue weighted by molar-refractivity contribution is 5.76. The van der Waals surface area contributed by atoms with E-state index < -0.39 is 11.9 Å². The molecule has 2 unspecified atom stereocenters. The summed E-state index contributed by atoms with van der Waals surface area (Å²) in [6.07, 6.45) is 4.47. The maximum Gasteiger partial charge on any atom is 0.311 e. The molecule has 0 amide bonds. The lowest BCUT2D eigenvalue weighted by Gasteiger charge is -2.43. The summed E-state index contributed by atoms with van der Waals surface area (Å²) in [7, 11) is 0. The number of benzene rings is 1. The van der Waals surface area contributed by atoms with Gasteiger partial charge in [0.25, 0.3) is 0 Å². The third kappa shape index (κ3) is 3.33. The molecule has 120 valence electrons. The first-order valence-electron chi connectivity index (χ1n) is 8.37. The number of carboxylic acid groups (broad SMARTS) is 1. The van der Waals surface area contributed by atoms with E-state index in [0.29, 0.717) is 6.04 Å². The van der Waals surface area contributed by atoms with Gasteiger partial charge in [-0.05, 0) is 24.3 Å². The molecule has 4 nitrogen and oxygen atoms in total. The van der Waals surface area contributed by atoms with Gasteiger partial charge in [-0.25, -0.2) is 0 Å². The van der Waals surface area contributed by atoms with E-state index in [-0.39, 0.29) is 5.92 Å². The van der Waals surface area contributed by atoms with Gasteiger partial charge in [-0.1, -0.05) is 43.2 Å². The zero-order chi connectivity index (χ0) is 15.4. The lowest BCUT2D eigenvalue weighted by molar-refractivity contribution is -0.141. The van der Waals surface area contributed by atoms with Crippen LogP contribution < -0.4 is 0 Å². The molecule has 2 fully saturated rings. The summed E-state index contributed by atoms with van der Waals surface area (Å²) < 4.78 is 5.46. The van der Waals surface area contributed by atoms with E-state index in [4.69, 9.17) is 4.74 Å². The number of nitrogens with zero attached hydrogens (tertiary/aromatic N) is 1. The van der Waals surface area contributed by atoms with Gasteiger partial charge in [0.2, 0.25) is 0 Å². The smallest absolute Gasteiger partial charge is 0.311 e. The van der Waals surface area contributed by atoms with E-state index in [9.17, 15) is 9.90 Å². The molecule has 0 aromatic heterocycles. The monoisotopic (exact) mass is 303 g/mol. The van der Waals surface area contributed by atoms with Crippen molar-refractivity contribution in [3.8, 4) is 0 Å². The number of hydrogen-bond donors (Lipinski definition) is 1. The second-order valence-corrected chi connectivity index (χ2v) is 6.39. The van der Waals surface area contributed by atoms with Gasteiger partial charge in [-0.3, -0.25) is 9.69 Å². The summed E-state index contributed by atoms with van der Waals surface area (Å²) in [5.41, 5.74) is 0.945. The van der Waals surface area contributed by atoms with Crippen LogP contribution in [0.1, 0.15) is 37.2 Å². The molecule has 1 aliphatic carbocycles. The first kappa shape index (κ1) is 15.5. The Labute approximate surface area is 132 Å². The van der Waals surface area contributed by atoms with Crippen LogP contribution in [-0.2, 0) is 9.53 Å². The molecule has 0 radical (unpaired) electrons. The van der Waals surface area contributed by atoms with Crippen LogP contribution in [0.4, 0.5) is 0 Å². The highest BCUT2D eigenvalue weighted by atomic mass is 16.5. The average molecular weight is 303 g/mol. The number of morpholine rings is 1.